The third kappa shape index (κ3) is 6.58. The van der Waals surface area contributed by atoms with Crippen LogP contribution in [0.4, 0.5) is 5.69 Å². The highest BCUT2D eigenvalue weighted by Gasteiger charge is 2.36. The predicted molar refractivity (Wildman–Crippen MR) is 148 cm³/mol. The van der Waals surface area contributed by atoms with Crippen LogP contribution >= 0.6 is 0 Å². The molecule has 1 saturated carbocycles. The molecule has 216 valence electrons. The number of nitrogens with one attached hydrogen (secondary N) is 1. The molecule has 0 radical (unpaired) electrons. The zero-order chi connectivity index (χ0) is 28.3. The molecule has 4 rings (SSSR count). The summed E-state index contributed by atoms with van der Waals surface area (Å²) in [5, 5.41) is 13.7. The van der Waals surface area contributed by atoms with Crippen molar-refractivity contribution in [2.24, 2.45) is 11.8 Å². The first-order valence-corrected chi connectivity index (χ1v) is 15.4. The zero-order valence-corrected chi connectivity index (χ0v) is 24.5. The summed E-state index contributed by atoms with van der Waals surface area (Å²) in [4.78, 5) is 17.6. The number of likely N-dealkylation sites (N-methyl/N-ethyl adjacent to an activating group) is 1. The van der Waals surface area contributed by atoms with E-state index in [9.17, 15) is 18.3 Å². The molecule has 0 bridgehead atoms. The smallest absolute Gasteiger partial charge is 0.267 e. The van der Waals surface area contributed by atoms with Crippen molar-refractivity contribution < 1.29 is 27.6 Å². The molecule has 1 aliphatic heterocycles. The summed E-state index contributed by atoms with van der Waals surface area (Å²) in [6.45, 7) is 8.77. The number of aromatic nitrogens is 1. The number of ether oxygens (including phenoxy) is 1. The van der Waals surface area contributed by atoms with Crippen molar-refractivity contribution in [2.45, 2.75) is 76.8 Å². The molecule has 1 aromatic heterocycles. The van der Waals surface area contributed by atoms with Crippen LogP contribution < -0.4 is 9.46 Å². The van der Waals surface area contributed by atoms with Crippen molar-refractivity contribution in [2.75, 3.05) is 38.0 Å². The minimum absolute atomic E-state index is 0.0371. The van der Waals surface area contributed by atoms with E-state index in [0.717, 1.165) is 6.54 Å². The molecule has 1 amide bonds. The summed E-state index contributed by atoms with van der Waals surface area (Å²) in [5.41, 5.74) is 0.669. The molecule has 0 spiro atoms. The molecular formula is C28H42N4O6S. The van der Waals surface area contributed by atoms with Gasteiger partial charge in [0.15, 0.2) is 16.4 Å². The van der Waals surface area contributed by atoms with Gasteiger partial charge in [0.1, 0.15) is 11.8 Å². The lowest BCUT2D eigenvalue weighted by atomic mass is 9.89. The van der Waals surface area contributed by atoms with Crippen LogP contribution in [0.1, 0.15) is 67.8 Å². The fourth-order valence-corrected chi connectivity index (χ4v) is 7.18. The molecule has 10 nitrogen and oxygen atoms in total. The summed E-state index contributed by atoms with van der Waals surface area (Å²) < 4.78 is 41.1. The average Bonchev–Trinajstić information content (AvgIpc) is 3.25. The average molecular weight is 563 g/mol. The second-order valence-electron chi connectivity index (χ2n) is 11.3. The van der Waals surface area contributed by atoms with Gasteiger partial charge in [-0.05, 0) is 58.7 Å². The number of carbonyl (C=O) groups is 1. The van der Waals surface area contributed by atoms with Crippen LogP contribution in [0.3, 0.4) is 0 Å². The molecule has 11 heteroatoms. The van der Waals surface area contributed by atoms with Crippen molar-refractivity contribution in [1.29, 1.82) is 0 Å². The van der Waals surface area contributed by atoms with E-state index in [1.54, 1.807) is 36.9 Å². The van der Waals surface area contributed by atoms with Crippen LogP contribution in [-0.4, -0.2) is 79.8 Å². The molecule has 0 saturated heterocycles. The van der Waals surface area contributed by atoms with E-state index in [2.05, 4.69) is 21.8 Å². The summed E-state index contributed by atoms with van der Waals surface area (Å²) in [6.07, 6.45) is 6.00. The number of aliphatic hydroxyl groups is 1. The number of sulfonamides is 1. The molecule has 0 unspecified atom stereocenters. The Bertz CT molecular complexity index is 1240. The Kier molecular flexibility index (Phi) is 9.23. The maximum Gasteiger partial charge on any atom is 0.267 e. The summed E-state index contributed by atoms with van der Waals surface area (Å²) in [6, 6.07) is 4.45. The number of nitrogens with zero attached hydrogens (tertiary/aromatic N) is 3. The van der Waals surface area contributed by atoms with Gasteiger partial charge in [0.2, 0.25) is 0 Å². The fraction of sp³-hybridized carbons (Fsp3) is 0.643. The zero-order valence-electron chi connectivity index (χ0n) is 23.6. The number of aliphatic hydroxyl groups excluding tert-OH is 1. The van der Waals surface area contributed by atoms with E-state index in [1.807, 2.05) is 6.92 Å². The summed E-state index contributed by atoms with van der Waals surface area (Å²) >= 11 is 0. The minimum atomic E-state index is -4.07. The second-order valence-corrected chi connectivity index (χ2v) is 12.9. The van der Waals surface area contributed by atoms with E-state index < -0.39 is 16.1 Å². The van der Waals surface area contributed by atoms with Gasteiger partial charge in [-0.25, -0.2) is 8.42 Å². The number of carbonyl (C=O) groups excluding carboxylic acids is 1. The lowest BCUT2D eigenvalue weighted by molar-refractivity contribution is 0.0333. The van der Waals surface area contributed by atoms with Crippen molar-refractivity contribution >= 4 is 21.6 Å². The van der Waals surface area contributed by atoms with Gasteiger partial charge in [0.05, 0.1) is 23.9 Å². The van der Waals surface area contributed by atoms with E-state index >= 15 is 0 Å². The molecule has 3 atom stereocenters. The van der Waals surface area contributed by atoms with Crippen molar-refractivity contribution in [3.8, 4) is 5.75 Å². The Morgan fingerprint density at radius 3 is 2.56 bits per heavy atom. The second kappa shape index (κ2) is 12.3. The first-order chi connectivity index (χ1) is 18.5. The Morgan fingerprint density at radius 1 is 1.21 bits per heavy atom. The number of aryl methyl sites for hydroxylation is 2. The van der Waals surface area contributed by atoms with Crippen molar-refractivity contribution in [1.82, 2.24) is 15.0 Å². The van der Waals surface area contributed by atoms with Gasteiger partial charge < -0.3 is 24.2 Å². The van der Waals surface area contributed by atoms with E-state index in [-0.39, 0.29) is 57.9 Å². The molecule has 2 heterocycles. The maximum absolute atomic E-state index is 13.7. The Balaban J connectivity index is 1.70. The molecule has 1 aromatic carbocycles. The van der Waals surface area contributed by atoms with Crippen LogP contribution in [-0.2, 0) is 10.0 Å². The van der Waals surface area contributed by atoms with Gasteiger partial charge in [-0.1, -0.05) is 37.4 Å². The number of hydrogen-bond acceptors (Lipinski definition) is 8. The number of rotatable bonds is 9. The third-order valence-corrected chi connectivity index (χ3v) is 9.57. The number of benzene rings is 1. The molecule has 2 N–H and O–H groups in total. The van der Waals surface area contributed by atoms with Gasteiger partial charge in [0.25, 0.3) is 15.9 Å². The highest BCUT2D eigenvalue weighted by molar-refractivity contribution is 7.92. The SMILES string of the molecule is Cc1noc(C)c1S(=O)(=O)Nc1cccc2c1O[C@H](CN(C)CC1CCCCC1)[C@H](C)CN([C@@H](C)CO)C2=O. The Morgan fingerprint density at radius 2 is 1.92 bits per heavy atom. The number of amides is 1. The van der Waals surface area contributed by atoms with E-state index in [4.69, 9.17) is 9.26 Å². The summed E-state index contributed by atoms with van der Waals surface area (Å²) in [7, 11) is -1.98. The van der Waals surface area contributed by atoms with Crippen molar-refractivity contribution in [3.63, 3.8) is 0 Å². The third-order valence-electron chi connectivity index (χ3n) is 7.96. The fourth-order valence-electron chi connectivity index (χ4n) is 5.79. The monoisotopic (exact) mass is 562 g/mol. The van der Waals surface area contributed by atoms with Gasteiger partial charge >= 0.3 is 0 Å². The van der Waals surface area contributed by atoms with Crippen LogP contribution in [0.2, 0.25) is 0 Å². The summed E-state index contributed by atoms with van der Waals surface area (Å²) in [5.74, 6) is 0.637. The molecule has 1 aliphatic carbocycles. The van der Waals surface area contributed by atoms with Crippen molar-refractivity contribution in [3.05, 3.63) is 35.2 Å². The van der Waals surface area contributed by atoms with Gasteiger partial charge in [-0.2, -0.15) is 0 Å². The topological polar surface area (TPSA) is 125 Å². The van der Waals surface area contributed by atoms with Crippen LogP contribution in [0.15, 0.2) is 27.6 Å². The molecule has 1 fully saturated rings. The van der Waals surface area contributed by atoms with Gasteiger partial charge in [0, 0.05) is 25.6 Å². The first-order valence-electron chi connectivity index (χ1n) is 13.9. The normalized spacial score (nSPS) is 21.7. The number of fused-ring (bicyclic) bond motifs is 1. The minimum Gasteiger partial charge on any atom is -0.486 e. The van der Waals surface area contributed by atoms with E-state index in [0.29, 0.717) is 19.0 Å². The van der Waals surface area contributed by atoms with Gasteiger partial charge in [-0.3, -0.25) is 9.52 Å². The highest BCUT2D eigenvalue weighted by Crippen LogP contribution is 2.37. The standard InChI is InChI=1S/C28H42N4O6S/c1-18-14-32(19(2)17-33)28(34)23-12-9-13-24(30-39(35,36)27-20(3)29-38-21(27)4)26(23)37-25(18)16-31(5)15-22-10-7-6-8-11-22/h9,12-13,18-19,22,25,30,33H,6-8,10-11,14-17H2,1-5H3/t18-,19+,25-/m1/s1. The lowest BCUT2D eigenvalue weighted by Gasteiger charge is -2.39. The number of para-hydroxylation sites is 1. The molecule has 2 aliphatic rings. The van der Waals surface area contributed by atoms with Gasteiger partial charge in [-0.15, -0.1) is 0 Å². The highest BCUT2D eigenvalue weighted by atomic mass is 32.2. The van der Waals surface area contributed by atoms with Crippen LogP contribution in [0.5, 0.6) is 5.75 Å². The Labute approximate surface area is 231 Å². The molecular weight excluding hydrogens is 520 g/mol. The number of hydrogen-bond donors (Lipinski definition) is 2. The lowest BCUT2D eigenvalue weighted by Crippen LogP contribution is -2.50. The van der Waals surface area contributed by atoms with E-state index in [1.165, 1.54) is 39.0 Å². The maximum atomic E-state index is 13.7. The number of anilines is 1. The predicted octanol–water partition coefficient (Wildman–Crippen LogP) is 3.82. The first kappa shape index (κ1) is 29.4. The largest absolute Gasteiger partial charge is 0.486 e. The quantitative estimate of drug-likeness (QED) is 0.473. The molecule has 39 heavy (non-hydrogen) atoms. The van der Waals surface area contributed by atoms with Crippen LogP contribution in [0, 0.1) is 25.7 Å². The Hall–Kier alpha value is -2.63. The van der Waals surface area contributed by atoms with Crippen LogP contribution in [0.25, 0.3) is 0 Å². The molecule has 2 aromatic rings.